The van der Waals surface area contributed by atoms with Crippen LogP contribution in [-0.2, 0) is 0 Å². The Labute approximate surface area is 223 Å². The zero-order valence-electron chi connectivity index (χ0n) is 21.6. The average Bonchev–Trinajstić information content (AvgIpc) is 2.95. The summed E-state index contributed by atoms with van der Waals surface area (Å²) in [5, 5.41) is 7.20. The standard InChI is InChI=1S/C31H31N5O2/c1-4-7-11-22(5-2)17-19-33-31(37)25-13-8-9-14-27(25)35-30-26-20-24(38-6-3)15-16-28(26)34-29(36-30)23-12-10-18-32-21-23/h4-5,7-16,18,20-21H,1,6,17,19H2,2-3H3,(H,33,37)(H,34,35,36)/b11-7-,22-5+. The first kappa shape index (κ1) is 26.3. The van der Waals surface area contributed by atoms with Crippen LogP contribution in [0.15, 0.2) is 103 Å². The predicted molar refractivity (Wildman–Crippen MR) is 154 cm³/mol. The number of carbonyl (C=O) groups excluding carboxylic acids is 1. The lowest BCUT2D eigenvalue weighted by molar-refractivity contribution is 0.0955. The molecule has 0 fully saturated rings. The van der Waals surface area contributed by atoms with Gasteiger partial charge in [-0.1, -0.05) is 48.6 Å². The summed E-state index contributed by atoms with van der Waals surface area (Å²) in [4.78, 5) is 26.9. The van der Waals surface area contributed by atoms with Crippen LogP contribution in [-0.4, -0.2) is 34.0 Å². The van der Waals surface area contributed by atoms with Crippen molar-refractivity contribution in [3.8, 4) is 17.1 Å². The number of nitrogens with zero attached hydrogens (tertiary/aromatic N) is 3. The maximum Gasteiger partial charge on any atom is 0.253 e. The van der Waals surface area contributed by atoms with Crippen LogP contribution < -0.4 is 15.4 Å². The molecule has 0 atom stereocenters. The van der Waals surface area contributed by atoms with Crippen molar-refractivity contribution in [1.82, 2.24) is 20.3 Å². The SMILES string of the molecule is C=C/C=C\C(=C/C)CCNC(=O)c1ccccc1Nc1nc(-c2cccnc2)nc2ccc(OCC)cc12. The molecule has 7 nitrogen and oxygen atoms in total. The average molecular weight is 506 g/mol. The van der Waals surface area contributed by atoms with Crippen molar-refractivity contribution in [1.29, 1.82) is 0 Å². The zero-order chi connectivity index (χ0) is 26.7. The summed E-state index contributed by atoms with van der Waals surface area (Å²) < 4.78 is 5.72. The normalized spacial score (nSPS) is 11.5. The second-order valence-corrected chi connectivity index (χ2v) is 8.38. The zero-order valence-corrected chi connectivity index (χ0v) is 21.6. The molecule has 192 valence electrons. The first-order chi connectivity index (χ1) is 18.6. The molecule has 38 heavy (non-hydrogen) atoms. The van der Waals surface area contributed by atoms with E-state index in [1.54, 1.807) is 24.5 Å². The summed E-state index contributed by atoms with van der Waals surface area (Å²) in [5.74, 6) is 1.65. The van der Waals surface area contributed by atoms with Gasteiger partial charge in [-0.2, -0.15) is 0 Å². The van der Waals surface area contributed by atoms with Gasteiger partial charge >= 0.3 is 0 Å². The van der Waals surface area contributed by atoms with Crippen molar-refractivity contribution in [3.63, 3.8) is 0 Å². The number of pyridine rings is 1. The Morgan fingerprint density at radius 2 is 1.97 bits per heavy atom. The quantitative estimate of drug-likeness (QED) is 0.222. The van der Waals surface area contributed by atoms with Gasteiger partial charge in [0.2, 0.25) is 0 Å². The number of benzene rings is 2. The van der Waals surface area contributed by atoms with Crippen molar-refractivity contribution in [2.24, 2.45) is 0 Å². The molecule has 2 heterocycles. The number of hydrogen-bond donors (Lipinski definition) is 2. The summed E-state index contributed by atoms with van der Waals surface area (Å²) in [5.41, 5.74) is 3.83. The van der Waals surface area contributed by atoms with Gasteiger partial charge in [0.1, 0.15) is 11.6 Å². The van der Waals surface area contributed by atoms with Crippen LogP contribution in [0.2, 0.25) is 0 Å². The van der Waals surface area contributed by atoms with Crippen molar-refractivity contribution < 1.29 is 9.53 Å². The van der Waals surface area contributed by atoms with E-state index in [9.17, 15) is 4.79 Å². The van der Waals surface area contributed by atoms with Gasteiger partial charge in [-0.3, -0.25) is 9.78 Å². The van der Waals surface area contributed by atoms with E-state index in [2.05, 4.69) is 22.2 Å². The van der Waals surface area contributed by atoms with E-state index in [0.717, 1.165) is 27.8 Å². The molecule has 0 saturated heterocycles. The van der Waals surface area contributed by atoms with Gasteiger partial charge in [-0.05, 0) is 62.7 Å². The molecule has 0 saturated carbocycles. The predicted octanol–water partition coefficient (Wildman–Crippen LogP) is 6.64. The second-order valence-electron chi connectivity index (χ2n) is 8.38. The summed E-state index contributed by atoms with van der Waals surface area (Å²) >= 11 is 0. The molecule has 0 unspecified atom stereocenters. The van der Waals surface area contributed by atoms with E-state index < -0.39 is 0 Å². The van der Waals surface area contributed by atoms with Gasteiger partial charge in [0.25, 0.3) is 5.91 Å². The van der Waals surface area contributed by atoms with Gasteiger partial charge < -0.3 is 15.4 Å². The third-order valence-corrected chi connectivity index (χ3v) is 5.84. The number of allylic oxidation sites excluding steroid dienone is 4. The Bertz CT molecular complexity index is 1480. The molecule has 2 aromatic heterocycles. The van der Waals surface area contributed by atoms with E-state index in [4.69, 9.17) is 14.7 Å². The number of aromatic nitrogens is 3. The Kier molecular flexibility index (Phi) is 8.97. The van der Waals surface area contributed by atoms with E-state index in [1.165, 1.54) is 0 Å². The van der Waals surface area contributed by atoms with Crippen molar-refractivity contribution in [2.75, 3.05) is 18.5 Å². The number of carbonyl (C=O) groups is 1. The van der Waals surface area contributed by atoms with Gasteiger partial charge in [0.05, 0.1) is 23.4 Å². The molecule has 0 spiro atoms. The molecule has 4 rings (SSSR count). The number of hydrogen-bond acceptors (Lipinski definition) is 6. The third-order valence-electron chi connectivity index (χ3n) is 5.84. The fraction of sp³-hybridized carbons (Fsp3) is 0.161. The van der Waals surface area contributed by atoms with Crippen LogP contribution >= 0.6 is 0 Å². The van der Waals surface area contributed by atoms with Crippen molar-refractivity contribution >= 4 is 28.3 Å². The van der Waals surface area contributed by atoms with Crippen molar-refractivity contribution in [2.45, 2.75) is 20.3 Å². The first-order valence-corrected chi connectivity index (χ1v) is 12.6. The minimum absolute atomic E-state index is 0.169. The molecule has 2 aromatic carbocycles. The number of nitrogens with one attached hydrogen (secondary N) is 2. The smallest absolute Gasteiger partial charge is 0.253 e. The van der Waals surface area contributed by atoms with Crippen LogP contribution in [0.25, 0.3) is 22.3 Å². The number of amides is 1. The first-order valence-electron chi connectivity index (χ1n) is 12.6. The molecule has 0 aliphatic heterocycles. The summed E-state index contributed by atoms with van der Waals surface area (Å²) in [7, 11) is 0. The van der Waals surface area contributed by atoms with Gasteiger partial charge in [0, 0.05) is 29.9 Å². The van der Waals surface area contributed by atoms with Crippen LogP contribution in [0.5, 0.6) is 5.75 Å². The molecule has 4 aromatic rings. The van der Waals surface area contributed by atoms with E-state index in [1.807, 2.05) is 80.6 Å². The molecule has 2 N–H and O–H groups in total. The van der Waals surface area contributed by atoms with Crippen LogP contribution in [0.1, 0.15) is 30.6 Å². The highest BCUT2D eigenvalue weighted by molar-refractivity contribution is 6.02. The number of fused-ring (bicyclic) bond motifs is 1. The fourth-order valence-corrected chi connectivity index (χ4v) is 3.93. The van der Waals surface area contributed by atoms with Gasteiger partial charge in [-0.15, -0.1) is 0 Å². The summed E-state index contributed by atoms with van der Waals surface area (Å²) in [6, 6.07) is 16.9. The Morgan fingerprint density at radius 3 is 2.74 bits per heavy atom. The monoisotopic (exact) mass is 505 g/mol. The molecule has 0 radical (unpaired) electrons. The number of para-hydroxylation sites is 1. The lowest BCUT2D eigenvalue weighted by Gasteiger charge is -2.15. The maximum atomic E-state index is 13.2. The number of ether oxygens (including phenoxy) is 1. The molecular weight excluding hydrogens is 474 g/mol. The summed E-state index contributed by atoms with van der Waals surface area (Å²) in [6.07, 6.45) is 11.8. The lowest BCUT2D eigenvalue weighted by Crippen LogP contribution is -2.25. The highest BCUT2D eigenvalue weighted by Crippen LogP contribution is 2.31. The minimum Gasteiger partial charge on any atom is -0.494 e. The highest BCUT2D eigenvalue weighted by atomic mass is 16.5. The second kappa shape index (κ2) is 13.0. The number of rotatable bonds is 11. The van der Waals surface area contributed by atoms with Crippen LogP contribution in [0.4, 0.5) is 11.5 Å². The van der Waals surface area contributed by atoms with Gasteiger partial charge in [-0.25, -0.2) is 9.97 Å². The molecule has 7 heteroatoms. The van der Waals surface area contributed by atoms with E-state index in [0.29, 0.717) is 42.5 Å². The largest absolute Gasteiger partial charge is 0.494 e. The molecule has 0 bridgehead atoms. The summed E-state index contributed by atoms with van der Waals surface area (Å²) in [6.45, 7) is 8.68. The molecular formula is C31H31N5O2. The molecule has 0 aliphatic rings. The fourth-order valence-electron chi connectivity index (χ4n) is 3.93. The third kappa shape index (κ3) is 6.50. The minimum atomic E-state index is -0.169. The molecule has 0 aliphatic carbocycles. The van der Waals surface area contributed by atoms with Crippen LogP contribution in [0, 0.1) is 0 Å². The Balaban J connectivity index is 1.65. The van der Waals surface area contributed by atoms with E-state index >= 15 is 0 Å². The van der Waals surface area contributed by atoms with Gasteiger partial charge in [0.15, 0.2) is 5.82 Å². The topological polar surface area (TPSA) is 89.0 Å². The van der Waals surface area contributed by atoms with Crippen LogP contribution in [0.3, 0.4) is 0 Å². The number of anilines is 2. The highest BCUT2D eigenvalue weighted by Gasteiger charge is 2.15. The van der Waals surface area contributed by atoms with E-state index in [-0.39, 0.29) is 5.91 Å². The maximum absolute atomic E-state index is 13.2. The van der Waals surface area contributed by atoms with Crippen molar-refractivity contribution in [3.05, 3.63) is 109 Å². The Hall–Kier alpha value is -4.78. The molecule has 1 amide bonds. The Morgan fingerprint density at radius 1 is 1.11 bits per heavy atom. The lowest BCUT2D eigenvalue weighted by atomic mass is 10.1.